The van der Waals surface area contributed by atoms with Crippen molar-refractivity contribution < 1.29 is 9.59 Å². The molecule has 1 unspecified atom stereocenters. The molecule has 0 saturated carbocycles. The Labute approximate surface area is 178 Å². The minimum atomic E-state index is -0.393. The zero-order chi connectivity index (χ0) is 21.2. The number of rotatable bonds is 10. The molecule has 0 aliphatic rings. The first-order valence-corrected chi connectivity index (χ1v) is 10.4. The van der Waals surface area contributed by atoms with Gasteiger partial charge in [-0.3, -0.25) is 14.5 Å². The number of hydrogen-bond donors (Lipinski definition) is 2. The average molecular weight is 416 g/mol. The molecule has 2 aromatic carbocycles. The number of nitrogens with one attached hydrogen (secondary N) is 2. The average Bonchev–Trinajstić information content (AvgIpc) is 2.71. The summed E-state index contributed by atoms with van der Waals surface area (Å²) in [6.45, 7) is 9.03. The molecule has 0 aliphatic carbocycles. The fourth-order valence-electron chi connectivity index (χ4n) is 3.22. The van der Waals surface area contributed by atoms with Gasteiger partial charge in [-0.15, -0.1) is 0 Å². The molecule has 29 heavy (non-hydrogen) atoms. The van der Waals surface area contributed by atoms with Crippen LogP contribution in [0.2, 0.25) is 5.02 Å². The summed E-state index contributed by atoms with van der Waals surface area (Å²) >= 11 is 5.95. The summed E-state index contributed by atoms with van der Waals surface area (Å²) in [7, 11) is 0. The standard InChI is InChI=1S/C23H30ClN3O2/c1-4-27(5-2)16-20-9-7-6-8-19(20)15-25-23(29)14-22(26-17(3)28)18-10-12-21(24)13-11-18/h6-13,22H,4-5,14-16H2,1-3H3,(H,25,29)(H,26,28). The van der Waals surface area contributed by atoms with Gasteiger partial charge in [-0.25, -0.2) is 0 Å². The normalized spacial score (nSPS) is 11.9. The van der Waals surface area contributed by atoms with Crippen molar-refractivity contribution in [3.05, 3.63) is 70.2 Å². The SMILES string of the molecule is CCN(CC)Cc1ccccc1CNC(=O)CC(NC(C)=O)c1ccc(Cl)cc1. The molecule has 0 radical (unpaired) electrons. The Morgan fingerprint density at radius 2 is 1.62 bits per heavy atom. The van der Waals surface area contributed by atoms with Crippen LogP contribution in [0.1, 0.15) is 49.9 Å². The molecule has 2 aromatic rings. The number of amides is 2. The number of hydrogen-bond acceptors (Lipinski definition) is 3. The first-order chi connectivity index (χ1) is 13.9. The van der Waals surface area contributed by atoms with E-state index >= 15 is 0 Å². The third kappa shape index (κ3) is 7.52. The molecule has 0 heterocycles. The zero-order valence-corrected chi connectivity index (χ0v) is 18.1. The molecule has 0 aromatic heterocycles. The molecule has 2 N–H and O–H groups in total. The van der Waals surface area contributed by atoms with Gasteiger partial charge in [-0.1, -0.05) is 61.8 Å². The number of nitrogens with zero attached hydrogens (tertiary/aromatic N) is 1. The van der Waals surface area contributed by atoms with Crippen molar-refractivity contribution in [3.63, 3.8) is 0 Å². The fraction of sp³-hybridized carbons (Fsp3) is 0.391. The predicted molar refractivity (Wildman–Crippen MR) is 118 cm³/mol. The Balaban J connectivity index is 2.02. The minimum absolute atomic E-state index is 0.114. The van der Waals surface area contributed by atoms with E-state index in [9.17, 15) is 9.59 Å². The molecule has 5 nitrogen and oxygen atoms in total. The maximum atomic E-state index is 12.6. The van der Waals surface area contributed by atoms with Gasteiger partial charge in [0.15, 0.2) is 0 Å². The van der Waals surface area contributed by atoms with Crippen LogP contribution in [0.15, 0.2) is 48.5 Å². The molecule has 156 valence electrons. The van der Waals surface area contributed by atoms with E-state index in [0.29, 0.717) is 11.6 Å². The first-order valence-electron chi connectivity index (χ1n) is 10.0. The topological polar surface area (TPSA) is 61.4 Å². The third-order valence-electron chi connectivity index (χ3n) is 4.92. The highest BCUT2D eigenvalue weighted by molar-refractivity contribution is 6.30. The van der Waals surface area contributed by atoms with Gasteiger partial charge in [0.1, 0.15) is 0 Å². The number of carbonyl (C=O) groups is 2. The summed E-state index contributed by atoms with van der Waals surface area (Å²) in [4.78, 5) is 26.5. The molecule has 1 atom stereocenters. The Bertz CT molecular complexity index is 804. The van der Waals surface area contributed by atoms with Gasteiger partial charge < -0.3 is 10.6 Å². The zero-order valence-electron chi connectivity index (χ0n) is 17.4. The van der Waals surface area contributed by atoms with Crippen molar-refractivity contribution in [2.24, 2.45) is 0 Å². The molecule has 0 aliphatic heterocycles. The molecule has 0 spiro atoms. The molecule has 6 heteroatoms. The summed E-state index contributed by atoms with van der Waals surface area (Å²) in [5.74, 6) is -0.293. The molecule has 0 fully saturated rings. The van der Waals surface area contributed by atoms with Crippen LogP contribution in [0.25, 0.3) is 0 Å². The second-order valence-electron chi connectivity index (χ2n) is 7.02. The van der Waals surface area contributed by atoms with Crippen molar-refractivity contribution in [2.45, 2.75) is 46.3 Å². The molecule has 0 bridgehead atoms. The lowest BCUT2D eigenvalue weighted by molar-refractivity contribution is -0.122. The van der Waals surface area contributed by atoms with Crippen LogP contribution >= 0.6 is 11.6 Å². The highest BCUT2D eigenvalue weighted by atomic mass is 35.5. The van der Waals surface area contributed by atoms with Gasteiger partial charge in [0.05, 0.1) is 12.5 Å². The largest absolute Gasteiger partial charge is 0.352 e. The molecular formula is C23H30ClN3O2. The monoisotopic (exact) mass is 415 g/mol. The summed E-state index contributed by atoms with van der Waals surface area (Å²) < 4.78 is 0. The van der Waals surface area contributed by atoms with Gasteiger partial charge in [0.2, 0.25) is 11.8 Å². The van der Waals surface area contributed by atoms with E-state index in [1.165, 1.54) is 12.5 Å². The Morgan fingerprint density at radius 3 is 2.21 bits per heavy atom. The lowest BCUT2D eigenvalue weighted by Crippen LogP contribution is -2.32. The van der Waals surface area contributed by atoms with Gasteiger partial charge >= 0.3 is 0 Å². The summed E-state index contributed by atoms with van der Waals surface area (Å²) in [5, 5.41) is 6.46. The van der Waals surface area contributed by atoms with Crippen molar-refractivity contribution in [2.75, 3.05) is 13.1 Å². The second kappa shape index (κ2) is 11.6. The van der Waals surface area contributed by atoms with Crippen molar-refractivity contribution in [1.82, 2.24) is 15.5 Å². The lowest BCUT2D eigenvalue weighted by atomic mass is 10.0. The number of halogens is 1. The predicted octanol–water partition coefficient (Wildman–Crippen LogP) is 4.07. The van der Waals surface area contributed by atoms with E-state index in [4.69, 9.17) is 11.6 Å². The Kier molecular flexibility index (Phi) is 9.16. The molecule has 0 saturated heterocycles. The van der Waals surface area contributed by atoms with Crippen LogP contribution in [0.4, 0.5) is 0 Å². The molecule has 2 amide bonds. The van der Waals surface area contributed by atoms with Crippen LogP contribution < -0.4 is 10.6 Å². The highest BCUT2D eigenvalue weighted by Gasteiger charge is 2.17. The van der Waals surface area contributed by atoms with E-state index < -0.39 is 6.04 Å². The van der Waals surface area contributed by atoms with Gasteiger partial charge in [0, 0.05) is 25.0 Å². The van der Waals surface area contributed by atoms with E-state index in [2.05, 4.69) is 35.4 Å². The second-order valence-corrected chi connectivity index (χ2v) is 7.45. The summed E-state index contributed by atoms with van der Waals surface area (Å²) in [5.41, 5.74) is 3.17. The quantitative estimate of drug-likeness (QED) is 0.615. The van der Waals surface area contributed by atoms with Crippen LogP contribution in [-0.4, -0.2) is 29.8 Å². The highest BCUT2D eigenvalue weighted by Crippen LogP contribution is 2.20. The maximum absolute atomic E-state index is 12.6. The lowest BCUT2D eigenvalue weighted by Gasteiger charge is -2.21. The molecule has 2 rings (SSSR count). The first kappa shape index (κ1) is 22.9. The van der Waals surface area contributed by atoms with Crippen molar-refractivity contribution in [3.8, 4) is 0 Å². The summed E-state index contributed by atoms with van der Waals surface area (Å²) in [6.07, 6.45) is 0.166. The fourth-order valence-corrected chi connectivity index (χ4v) is 3.34. The minimum Gasteiger partial charge on any atom is -0.352 e. The smallest absolute Gasteiger partial charge is 0.222 e. The van der Waals surface area contributed by atoms with E-state index in [-0.39, 0.29) is 18.2 Å². The summed E-state index contributed by atoms with van der Waals surface area (Å²) in [6, 6.07) is 14.9. The van der Waals surface area contributed by atoms with Gasteiger partial charge in [0.25, 0.3) is 0 Å². The maximum Gasteiger partial charge on any atom is 0.222 e. The Morgan fingerprint density at radius 1 is 1.00 bits per heavy atom. The van der Waals surface area contributed by atoms with Crippen LogP contribution in [-0.2, 0) is 22.7 Å². The van der Waals surface area contributed by atoms with E-state index in [1.807, 2.05) is 30.3 Å². The van der Waals surface area contributed by atoms with Crippen LogP contribution in [0.3, 0.4) is 0 Å². The molecular weight excluding hydrogens is 386 g/mol. The number of carbonyl (C=O) groups excluding carboxylic acids is 2. The van der Waals surface area contributed by atoms with Crippen molar-refractivity contribution in [1.29, 1.82) is 0 Å². The Hall–Kier alpha value is -2.37. The van der Waals surface area contributed by atoms with Crippen LogP contribution in [0.5, 0.6) is 0 Å². The van der Waals surface area contributed by atoms with Gasteiger partial charge in [-0.05, 0) is 41.9 Å². The van der Waals surface area contributed by atoms with E-state index in [1.54, 1.807) is 12.1 Å². The van der Waals surface area contributed by atoms with Gasteiger partial charge in [-0.2, -0.15) is 0 Å². The third-order valence-corrected chi connectivity index (χ3v) is 5.17. The van der Waals surface area contributed by atoms with E-state index in [0.717, 1.165) is 30.8 Å². The van der Waals surface area contributed by atoms with Crippen LogP contribution in [0, 0.1) is 0 Å². The van der Waals surface area contributed by atoms with Crippen molar-refractivity contribution >= 4 is 23.4 Å². The number of benzene rings is 2.